The summed E-state index contributed by atoms with van der Waals surface area (Å²) in [6, 6.07) is 8.70. The summed E-state index contributed by atoms with van der Waals surface area (Å²) in [4.78, 5) is 24.5. The predicted molar refractivity (Wildman–Crippen MR) is 100 cm³/mol. The maximum Gasteiger partial charge on any atom is 0.339 e. The zero-order chi connectivity index (χ0) is 20.0. The third-order valence-electron chi connectivity index (χ3n) is 3.71. The predicted octanol–water partition coefficient (Wildman–Crippen LogP) is 3.47. The number of carbonyl (C=O) groups is 2. The molecule has 8 heteroatoms. The Labute approximate surface area is 164 Å². The highest BCUT2D eigenvalue weighted by Crippen LogP contribution is 2.35. The van der Waals surface area contributed by atoms with Gasteiger partial charge in [-0.3, -0.25) is 4.79 Å². The van der Waals surface area contributed by atoms with Crippen molar-refractivity contribution in [1.82, 2.24) is 5.32 Å². The molecule has 1 amide bonds. The number of hydrogen-bond acceptors (Lipinski definition) is 5. The van der Waals surface area contributed by atoms with E-state index in [1.54, 1.807) is 12.1 Å². The summed E-state index contributed by atoms with van der Waals surface area (Å²) in [6.07, 6.45) is -1.02. The van der Waals surface area contributed by atoms with Gasteiger partial charge in [0.05, 0.1) is 19.8 Å². The van der Waals surface area contributed by atoms with Crippen LogP contribution in [0.5, 0.6) is 11.5 Å². The molecule has 0 aliphatic carbocycles. The number of rotatable bonds is 7. The van der Waals surface area contributed by atoms with E-state index in [9.17, 15) is 14.0 Å². The van der Waals surface area contributed by atoms with Gasteiger partial charge < -0.3 is 19.5 Å². The SMILES string of the molecule is COc1cc(C(=O)OC(C)C(=O)NCc2ccc(F)cc2)cc(OC)c1Br. The van der Waals surface area contributed by atoms with Gasteiger partial charge in [0.25, 0.3) is 5.91 Å². The molecule has 2 aromatic carbocycles. The van der Waals surface area contributed by atoms with Crippen LogP contribution < -0.4 is 14.8 Å². The van der Waals surface area contributed by atoms with E-state index < -0.39 is 18.0 Å². The van der Waals surface area contributed by atoms with Crippen LogP contribution in [-0.2, 0) is 16.1 Å². The summed E-state index contributed by atoms with van der Waals surface area (Å²) in [5, 5.41) is 2.63. The number of amides is 1. The quantitative estimate of drug-likeness (QED) is 0.668. The first-order valence-corrected chi connectivity index (χ1v) is 8.79. The molecule has 27 heavy (non-hydrogen) atoms. The van der Waals surface area contributed by atoms with Crippen molar-refractivity contribution in [1.29, 1.82) is 0 Å². The van der Waals surface area contributed by atoms with Gasteiger partial charge in [-0.25, -0.2) is 9.18 Å². The van der Waals surface area contributed by atoms with Crippen LogP contribution in [0.3, 0.4) is 0 Å². The summed E-state index contributed by atoms with van der Waals surface area (Å²) in [7, 11) is 2.92. The minimum absolute atomic E-state index is 0.185. The van der Waals surface area contributed by atoms with Crippen LogP contribution in [-0.4, -0.2) is 32.2 Å². The lowest BCUT2D eigenvalue weighted by molar-refractivity contribution is -0.129. The van der Waals surface area contributed by atoms with Gasteiger partial charge in [0.2, 0.25) is 0 Å². The van der Waals surface area contributed by atoms with E-state index in [2.05, 4.69) is 21.2 Å². The molecule has 0 saturated carbocycles. The van der Waals surface area contributed by atoms with E-state index >= 15 is 0 Å². The first-order chi connectivity index (χ1) is 12.8. The number of benzene rings is 2. The number of carbonyl (C=O) groups excluding carboxylic acids is 2. The number of ether oxygens (including phenoxy) is 3. The Hall–Kier alpha value is -2.61. The number of esters is 1. The van der Waals surface area contributed by atoms with Gasteiger partial charge in [0.15, 0.2) is 6.10 Å². The Morgan fingerprint density at radius 1 is 1.11 bits per heavy atom. The van der Waals surface area contributed by atoms with Crippen LogP contribution in [0.2, 0.25) is 0 Å². The molecule has 0 spiro atoms. The molecule has 0 fully saturated rings. The second kappa shape index (κ2) is 9.36. The van der Waals surface area contributed by atoms with Gasteiger partial charge >= 0.3 is 5.97 Å². The topological polar surface area (TPSA) is 73.9 Å². The molecule has 6 nitrogen and oxygen atoms in total. The summed E-state index contributed by atoms with van der Waals surface area (Å²) >= 11 is 3.32. The molecule has 2 aromatic rings. The Kier molecular flexibility index (Phi) is 7.18. The molecule has 1 atom stereocenters. The fourth-order valence-electron chi connectivity index (χ4n) is 2.20. The molecule has 0 saturated heterocycles. The number of methoxy groups -OCH3 is 2. The third kappa shape index (κ3) is 5.43. The molecule has 0 heterocycles. The maximum absolute atomic E-state index is 12.9. The van der Waals surface area contributed by atoms with Gasteiger partial charge in [0, 0.05) is 6.54 Å². The highest BCUT2D eigenvalue weighted by atomic mass is 79.9. The molecule has 0 aromatic heterocycles. The van der Waals surface area contributed by atoms with Gasteiger partial charge in [-0.05, 0) is 52.7 Å². The molecule has 144 valence electrons. The molecule has 0 aliphatic heterocycles. The second-order valence-corrected chi connectivity index (χ2v) is 6.38. The minimum Gasteiger partial charge on any atom is -0.495 e. The maximum atomic E-state index is 12.9. The fraction of sp³-hybridized carbons (Fsp3) is 0.263. The van der Waals surface area contributed by atoms with Crippen LogP contribution in [0.1, 0.15) is 22.8 Å². The Morgan fingerprint density at radius 3 is 2.19 bits per heavy atom. The van der Waals surface area contributed by atoms with E-state index in [4.69, 9.17) is 14.2 Å². The Morgan fingerprint density at radius 2 is 1.67 bits per heavy atom. The van der Waals surface area contributed by atoms with Crippen molar-refractivity contribution < 1.29 is 28.2 Å². The molecular formula is C19H19BrFNO5. The van der Waals surface area contributed by atoms with Crippen LogP contribution in [0.4, 0.5) is 4.39 Å². The standard InChI is InChI=1S/C19H19BrFNO5/c1-11(18(23)22-10-12-4-6-14(21)7-5-12)27-19(24)13-8-15(25-2)17(20)16(9-13)26-3/h4-9,11H,10H2,1-3H3,(H,22,23). The molecular weight excluding hydrogens is 421 g/mol. The van der Waals surface area contributed by atoms with Gasteiger partial charge in [-0.15, -0.1) is 0 Å². The van der Waals surface area contributed by atoms with Crippen molar-refractivity contribution in [2.45, 2.75) is 19.6 Å². The first kappa shape index (κ1) is 20.7. The number of halogens is 2. The van der Waals surface area contributed by atoms with Crippen molar-refractivity contribution in [2.75, 3.05) is 14.2 Å². The normalized spacial score (nSPS) is 11.4. The Bertz CT molecular complexity index is 800. The average molecular weight is 440 g/mol. The van der Waals surface area contributed by atoms with Crippen molar-refractivity contribution in [3.8, 4) is 11.5 Å². The van der Waals surface area contributed by atoms with E-state index in [-0.39, 0.29) is 17.9 Å². The zero-order valence-corrected chi connectivity index (χ0v) is 16.6. The molecule has 0 aliphatic rings. The zero-order valence-electron chi connectivity index (χ0n) is 15.0. The van der Waals surface area contributed by atoms with Crippen LogP contribution >= 0.6 is 15.9 Å². The van der Waals surface area contributed by atoms with Crippen molar-refractivity contribution in [3.05, 3.63) is 57.8 Å². The second-order valence-electron chi connectivity index (χ2n) is 5.59. The van der Waals surface area contributed by atoms with Crippen LogP contribution in [0.25, 0.3) is 0 Å². The summed E-state index contributed by atoms with van der Waals surface area (Å²) in [5.74, 6) is -0.718. The van der Waals surface area contributed by atoms with Gasteiger partial charge in [-0.2, -0.15) is 0 Å². The summed E-state index contributed by atoms with van der Waals surface area (Å²) < 4.78 is 29.0. The van der Waals surface area contributed by atoms with E-state index in [0.29, 0.717) is 16.0 Å². The molecule has 1 unspecified atom stereocenters. The lowest BCUT2D eigenvalue weighted by Gasteiger charge is -2.15. The fourth-order valence-corrected chi connectivity index (χ4v) is 2.76. The smallest absolute Gasteiger partial charge is 0.339 e. The molecule has 2 rings (SSSR count). The van der Waals surface area contributed by atoms with E-state index in [1.807, 2.05) is 0 Å². The van der Waals surface area contributed by atoms with Crippen molar-refractivity contribution in [2.24, 2.45) is 0 Å². The van der Waals surface area contributed by atoms with Crippen molar-refractivity contribution >= 4 is 27.8 Å². The number of nitrogens with one attached hydrogen (secondary N) is 1. The molecule has 1 N–H and O–H groups in total. The number of hydrogen-bond donors (Lipinski definition) is 1. The van der Waals surface area contributed by atoms with Gasteiger partial charge in [-0.1, -0.05) is 12.1 Å². The molecule has 0 bridgehead atoms. The Balaban J connectivity index is 1.99. The van der Waals surface area contributed by atoms with Gasteiger partial charge in [0.1, 0.15) is 21.8 Å². The first-order valence-electron chi connectivity index (χ1n) is 8.00. The van der Waals surface area contributed by atoms with E-state index in [0.717, 1.165) is 5.56 Å². The monoisotopic (exact) mass is 439 g/mol. The highest BCUT2D eigenvalue weighted by Gasteiger charge is 2.21. The lowest BCUT2D eigenvalue weighted by atomic mass is 10.2. The average Bonchev–Trinajstić information content (AvgIpc) is 2.67. The minimum atomic E-state index is -1.02. The largest absolute Gasteiger partial charge is 0.495 e. The highest BCUT2D eigenvalue weighted by molar-refractivity contribution is 9.10. The van der Waals surface area contributed by atoms with Crippen LogP contribution in [0, 0.1) is 5.82 Å². The van der Waals surface area contributed by atoms with Crippen LogP contribution in [0.15, 0.2) is 40.9 Å². The summed E-state index contributed by atoms with van der Waals surface area (Å²) in [5.41, 5.74) is 0.913. The van der Waals surface area contributed by atoms with E-state index in [1.165, 1.54) is 45.4 Å². The van der Waals surface area contributed by atoms with Crippen molar-refractivity contribution in [3.63, 3.8) is 0 Å². The molecule has 0 radical (unpaired) electrons. The lowest BCUT2D eigenvalue weighted by Crippen LogP contribution is -2.35. The summed E-state index contributed by atoms with van der Waals surface area (Å²) in [6.45, 7) is 1.66. The third-order valence-corrected chi connectivity index (χ3v) is 4.50.